The maximum Gasteiger partial charge on any atom is 0.449 e. The van der Waals surface area contributed by atoms with Gasteiger partial charge in [0.2, 0.25) is 5.69 Å². The predicted octanol–water partition coefficient (Wildman–Crippen LogP) is 3.42. The number of hydrogen-bond acceptors (Lipinski definition) is 4. The number of benzene rings is 2. The van der Waals surface area contributed by atoms with Crippen molar-refractivity contribution in [1.29, 1.82) is 0 Å². The van der Waals surface area contributed by atoms with Crippen molar-refractivity contribution in [3.63, 3.8) is 0 Å². The summed E-state index contributed by atoms with van der Waals surface area (Å²) in [4.78, 5) is 9.62. The quantitative estimate of drug-likeness (QED) is 0.261. The van der Waals surface area contributed by atoms with E-state index in [2.05, 4.69) is 79.7 Å². The number of hydrogen-bond donors (Lipinski definition) is 0. The van der Waals surface area contributed by atoms with E-state index in [1.54, 1.807) is 12.4 Å². The minimum atomic E-state index is -0.767. The number of fused-ring (bicyclic) bond motifs is 8. The molecule has 3 aliphatic heterocycles. The number of pyridine rings is 2. The fourth-order valence-electron chi connectivity index (χ4n) is 6.78. The van der Waals surface area contributed by atoms with Crippen molar-refractivity contribution >= 4 is 38.6 Å². The van der Waals surface area contributed by atoms with Gasteiger partial charge < -0.3 is 4.74 Å². The Morgan fingerprint density at radius 3 is 2.83 bits per heavy atom. The fourth-order valence-corrected chi connectivity index (χ4v) is 6.78. The maximum atomic E-state index is 6.57. The van der Waals surface area contributed by atoms with Crippen LogP contribution in [0.2, 0.25) is 0 Å². The Bertz CT molecular complexity index is 2170. The first kappa shape index (κ1) is 16.7. The van der Waals surface area contributed by atoms with Crippen LogP contribution in [0, 0.1) is 6.92 Å². The lowest BCUT2D eigenvalue weighted by Crippen LogP contribution is -2.75. The van der Waals surface area contributed by atoms with Gasteiger partial charge in [0.15, 0.2) is 22.3 Å². The number of ether oxygens (including phenoxy) is 1. The number of para-hydroxylation sites is 2. The Labute approximate surface area is 196 Å². The highest BCUT2D eigenvalue weighted by Crippen LogP contribution is 2.52. The van der Waals surface area contributed by atoms with Gasteiger partial charge in [-0.1, -0.05) is 16.7 Å². The maximum absolute atomic E-state index is 6.57. The highest BCUT2D eigenvalue weighted by atomic mass is 16.5. The first-order valence-electron chi connectivity index (χ1n) is 11.6. The minimum absolute atomic E-state index is 0.767. The zero-order chi connectivity index (χ0) is 22.6. The predicted molar refractivity (Wildman–Crippen MR) is 126 cm³/mol. The molecule has 0 N–H and O–H groups in total. The Morgan fingerprint density at radius 1 is 0.943 bits per heavy atom. The molecule has 5 aromatic heterocycles. The standard InChI is InChI=1S/C27H15N7O/c1-14-13-19-18-7-4-8-21-32(18)27(34(19)30-14)23-20(35-21)10-9-15-22(23)26-31(25-24(15)28-11-12-29-25)16-5-2-3-6-17(16)33(26)27/h2-13H,1H3/q+2. The van der Waals surface area contributed by atoms with Crippen LogP contribution in [-0.4, -0.2) is 24.1 Å². The number of rotatable bonds is 0. The monoisotopic (exact) mass is 453 g/mol. The van der Waals surface area contributed by atoms with E-state index in [1.165, 1.54) is 0 Å². The minimum Gasteiger partial charge on any atom is -0.404 e. The molecule has 0 amide bonds. The molecule has 1 spiro atoms. The zero-order valence-electron chi connectivity index (χ0n) is 18.5. The average Bonchev–Trinajstić information content (AvgIpc) is 3.60. The van der Waals surface area contributed by atoms with Gasteiger partial charge >= 0.3 is 17.3 Å². The lowest BCUT2D eigenvalue weighted by atomic mass is 9.99. The van der Waals surface area contributed by atoms with Gasteiger partial charge in [-0.15, -0.1) is 9.25 Å². The van der Waals surface area contributed by atoms with Crippen LogP contribution >= 0.6 is 0 Å². The third-order valence-corrected chi connectivity index (χ3v) is 7.84. The Hall–Kier alpha value is -4.85. The highest BCUT2D eigenvalue weighted by molar-refractivity contribution is 6.13. The van der Waals surface area contributed by atoms with E-state index in [0.29, 0.717) is 0 Å². The summed E-state index contributed by atoms with van der Waals surface area (Å²) in [6.45, 7) is 2.05. The normalized spacial score (nSPS) is 18.2. The van der Waals surface area contributed by atoms with Gasteiger partial charge in [0, 0.05) is 23.8 Å². The topological polar surface area (TPSA) is 65.0 Å². The van der Waals surface area contributed by atoms with Gasteiger partial charge in [0.25, 0.3) is 5.65 Å². The fraction of sp³-hybridized carbons (Fsp3) is 0.0741. The second kappa shape index (κ2) is 4.97. The molecule has 0 saturated carbocycles. The lowest BCUT2D eigenvalue weighted by Gasteiger charge is -2.26. The SMILES string of the molecule is Cc1cc2n(n1)C13c4c(ccc5c6nccnc6n6c7ccccc7[n+]1c6c45)Oc1cccc-2[n+]13. The third-order valence-electron chi connectivity index (χ3n) is 7.84. The Morgan fingerprint density at radius 2 is 1.86 bits per heavy atom. The van der Waals surface area contributed by atoms with Crippen LogP contribution in [0.15, 0.2) is 73.1 Å². The zero-order valence-corrected chi connectivity index (χ0v) is 18.5. The molecular formula is C27H15N7O+2. The number of aromatic nitrogens is 7. The Balaban J connectivity index is 1.62. The largest absolute Gasteiger partial charge is 0.449 e. The summed E-state index contributed by atoms with van der Waals surface area (Å²) in [7, 11) is 0. The van der Waals surface area contributed by atoms with Crippen LogP contribution in [-0.2, 0) is 5.79 Å². The molecule has 162 valence electrons. The molecule has 35 heavy (non-hydrogen) atoms. The van der Waals surface area contributed by atoms with Crippen LogP contribution in [0.3, 0.4) is 0 Å². The van der Waals surface area contributed by atoms with E-state index in [4.69, 9.17) is 19.8 Å². The molecule has 1 unspecified atom stereocenters. The third kappa shape index (κ3) is 1.49. The second-order valence-corrected chi connectivity index (χ2v) is 9.48. The van der Waals surface area contributed by atoms with E-state index in [-0.39, 0.29) is 0 Å². The molecule has 0 bridgehead atoms. The molecule has 0 saturated heterocycles. The number of aryl methyl sites for hydroxylation is 1. The van der Waals surface area contributed by atoms with Gasteiger partial charge in [-0.3, -0.25) is 0 Å². The van der Waals surface area contributed by atoms with Crippen molar-refractivity contribution in [2.75, 3.05) is 0 Å². The van der Waals surface area contributed by atoms with E-state index < -0.39 is 5.79 Å². The van der Waals surface area contributed by atoms with Crippen LogP contribution < -0.4 is 13.9 Å². The summed E-state index contributed by atoms with van der Waals surface area (Å²) >= 11 is 0. The molecule has 2 aromatic carbocycles. The highest BCUT2D eigenvalue weighted by Gasteiger charge is 2.70. The van der Waals surface area contributed by atoms with Crippen LogP contribution in [0.4, 0.5) is 0 Å². The number of imidazole rings is 1. The molecule has 7 aromatic rings. The molecule has 0 aliphatic carbocycles. The molecule has 0 fully saturated rings. The molecule has 8 heteroatoms. The lowest BCUT2D eigenvalue weighted by molar-refractivity contribution is -0.960. The molecule has 8 heterocycles. The smallest absolute Gasteiger partial charge is 0.404 e. The van der Waals surface area contributed by atoms with E-state index in [1.807, 2.05) is 6.07 Å². The van der Waals surface area contributed by atoms with E-state index >= 15 is 0 Å². The average molecular weight is 453 g/mol. The van der Waals surface area contributed by atoms with Gasteiger partial charge in [0.05, 0.1) is 17.1 Å². The first-order valence-corrected chi connectivity index (χ1v) is 11.6. The van der Waals surface area contributed by atoms with Gasteiger partial charge in [-0.2, -0.15) is 9.50 Å². The van der Waals surface area contributed by atoms with Gasteiger partial charge in [-0.05, 0) is 43.3 Å². The van der Waals surface area contributed by atoms with Crippen molar-refractivity contribution in [1.82, 2.24) is 24.1 Å². The second-order valence-electron chi connectivity index (χ2n) is 9.48. The van der Waals surface area contributed by atoms with E-state index in [9.17, 15) is 0 Å². The van der Waals surface area contributed by atoms with Crippen molar-refractivity contribution in [3.8, 4) is 23.0 Å². The van der Waals surface area contributed by atoms with Crippen LogP contribution in [0.25, 0.3) is 50.0 Å². The van der Waals surface area contributed by atoms with Crippen molar-refractivity contribution in [2.45, 2.75) is 12.7 Å². The first-order chi connectivity index (χ1) is 17.3. The summed E-state index contributed by atoms with van der Waals surface area (Å²) in [6.07, 6.45) is 3.53. The summed E-state index contributed by atoms with van der Waals surface area (Å²) in [5, 5.41) is 7.29. The molecular weight excluding hydrogens is 438 g/mol. The summed E-state index contributed by atoms with van der Waals surface area (Å²) in [5.74, 6) is 0.868. The van der Waals surface area contributed by atoms with Gasteiger partial charge in [-0.25, -0.2) is 9.97 Å². The van der Waals surface area contributed by atoms with Crippen molar-refractivity contribution in [2.24, 2.45) is 0 Å². The summed E-state index contributed by atoms with van der Waals surface area (Å²) in [5.41, 5.74) is 9.21. The van der Waals surface area contributed by atoms with Crippen LogP contribution in [0.1, 0.15) is 11.3 Å². The summed E-state index contributed by atoms with van der Waals surface area (Å²) in [6, 6.07) is 21.1. The molecule has 0 radical (unpaired) electrons. The number of nitrogens with zero attached hydrogens (tertiary/aromatic N) is 7. The molecule has 8 nitrogen and oxygen atoms in total. The van der Waals surface area contributed by atoms with Gasteiger partial charge in [0.1, 0.15) is 11.2 Å². The van der Waals surface area contributed by atoms with Crippen LogP contribution in [0.5, 0.6) is 11.6 Å². The van der Waals surface area contributed by atoms with E-state index in [0.717, 1.165) is 72.9 Å². The summed E-state index contributed by atoms with van der Waals surface area (Å²) < 4.78 is 15.7. The van der Waals surface area contributed by atoms with Crippen molar-refractivity contribution < 1.29 is 13.9 Å². The molecule has 3 aliphatic rings. The van der Waals surface area contributed by atoms with Crippen molar-refractivity contribution in [3.05, 3.63) is 84.3 Å². The Kier molecular flexibility index (Phi) is 2.38. The molecule has 1 atom stereocenters. The molecule has 10 rings (SSSR count).